The van der Waals surface area contributed by atoms with E-state index in [0.717, 1.165) is 24.8 Å². The summed E-state index contributed by atoms with van der Waals surface area (Å²) in [6.45, 7) is 1.00. The molecule has 0 spiro atoms. The van der Waals surface area contributed by atoms with Crippen molar-refractivity contribution in [3.05, 3.63) is 59.9 Å². The van der Waals surface area contributed by atoms with Crippen LogP contribution in [0, 0.1) is 0 Å². The fourth-order valence-electron chi connectivity index (χ4n) is 2.13. The number of rotatable bonds is 7. The van der Waals surface area contributed by atoms with E-state index in [1.165, 1.54) is 28.9 Å². The van der Waals surface area contributed by atoms with E-state index in [1.807, 2.05) is 24.2 Å². The molecule has 1 heterocycles. The monoisotopic (exact) mass is 284 g/mol. The number of hydrogen-bond acceptors (Lipinski definition) is 3. The summed E-state index contributed by atoms with van der Waals surface area (Å²) in [6, 6.07) is 13.9. The Morgan fingerprint density at radius 2 is 1.95 bits per heavy atom. The van der Waals surface area contributed by atoms with E-state index in [2.05, 4.69) is 46.7 Å². The van der Waals surface area contributed by atoms with Crippen LogP contribution in [0.15, 0.2) is 53.7 Å². The molecule has 0 amide bonds. The molecule has 0 aliphatic heterocycles. The third-order valence-corrected chi connectivity index (χ3v) is 4.47. The van der Waals surface area contributed by atoms with Crippen LogP contribution in [0.2, 0.25) is 0 Å². The number of hydrogen-bond donors (Lipinski definition) is 1. The maximum Gasteiger partial charge on any atom is 0.0270 e. The van der Waals surface area contributed by atoms with E-state index in [1.54, 1.807) is 0 Å². The van der Waals surface area contributed by atoms with E-state index in [9.17, 15) is 0 Å². The molecular formula is C17H20N2S. The van der Waals surface area contributed by atoms with Crippen LogP contribution in [0.25, 0.3) is 0 Å². The number of aryl methyl sites for hydroxylation is 1. The van der Waals surface area contributed by atoms with Crippen LogP contribution in [-0.4, -0.2) is 16.8 Å². The number of nitrogens with one attached hydrogen (secondary N) is 1. The Balaban J connectivity index is 1.47. The lowest BCUT2D eigenvalue weighted by molar-refractivity contribution is 0.687. The highest BCUT2D eigenvalue weighted by Crippen LogP contribution is 2.22. The van der Waals surface area contributed by atoms with Crippen LogP contribution >= 0.6 is 11.8 Å². The Morgan fingerprint density at radius 1 is 1.10 bits per heavy atom. The van der Waals surface area contributed by atoms with Gasteiger partial charge < -0.3 is 5.32 Å². The van der Waals surface area contributed by atoms with E-state index in [-0.39, 0.29) is 0 Å². The highest BCUT2D eigenvalue weighted by Gasteiger charge is 2.19. The van der Waals surface area contributed by atoms with Crippen LogP contribution in [0.5, 0.6) is 0 Å². The summed E-state index contributed by atoms with van der Waals surface area (Å²) in [5.41, 5.74) is 2.75. The van der Waals surface area contributed by atoms with Gasteiger partial charge in [0.15, 0.2) is 0 Å². The van der Waals surface area contributed by atoms with Crippen molar-refractivity contribution in [2.45, 2.75) is 36.7 Å². The lowest BCUT2D eigenvalue weighted by atomic mass is 10.2. The molecule has 0 saturated heterocycles. The zero-order valence-corrected chi connectivity index (χ0v) is 12.4. The first kappa shape index (κ1) is 13.7. The molecule has 0 bridgehead atoms. The SMILES string of the molecule is c1cc(CNC2CC2)cc(SCCc2ccncc2)c1. The molecule has 0 atom stereocenters. The normalized spacial score (nSPS) is 14.4. The molecule has 3 heteroatoms. The Kier molecular flexibility index (Phi) is 4.72. The molecule has 1 aromatic carbocycles. The number of pyridine rings is 1. The van der Waals surface area contributed by atoms with Gasteiger partial charge in [0, 0.05) is 35.6 Å². The topological polar surface area (TPSA) is 24.9 Å². The second-order valence-electron chi connectivity index (χ2n) is 5.26. The zero-order chi connectivity index (χ0) is 13.6. The van der Waals surface area contributed by atoms with Gasteiger partial charge in [0.2, 0.25) is 0 Å². The quantitative estimate of drug-likeness (QED) is 0.785. The lowest BCUT2D eigenvalue weighted by Crippen LogP contribution is -2.15. The Morgan fingerprint density at radius 3 is 2.75 bits per heavy atom. The zero-order valence-electron chi connectivity index (χ0n) is 11.6. The third-order valence-electron chi connectivity index (χ3n) is 3.48. The molecule has 1 aliphatic carbocycles. The van der Waals surface area contributed by atoms with Crippen molar-refractivity contribution in [2.24, 2.45) is 0 Å². The van der Waals surface area contributed by atoms with E-state index < -0.39 is 0 Å². The molecule has 104 valence electrons. The molecule has 1 fully saturated rings. The molecule has 20 heavy (non-hydrogen) atoms. The highest BCUT2D eigenvalue weighted by molar-refractivity contribution is 7.99. The van der Waals surface area contributed by atoms with E-state index >= 15 is 0 Å². The smallest absolute Gasteiger partial charge is 0.0270 e. The summed E-state index contributed by atoms with van der Waals surface area (Å²) in [7, 11) is 0. The van der Waals surface area contributed by atoms with Gasteiger partial charge in [0.25, 0.3) is 0 Å². The van der Waals surface area contributed by atoms with Crippen molar-refractivity contribution in [3.63, 3.8) is 0 Å². The molecule has 1 saturated carbocycles. The fraction of sp³-hybridized carbons (Fsp3) is 0.353. The van der Waals surface area contributed by atoms with Crippen LogP contribution < -0.4 is 5.32 Å². The first-order valence-electron chi connectivity index (χ1n) is 7.24. The van der Waals surface area contributed by atoms with Gasteiger partial charge in [-0.05, 0) is 54.7 Å². The van der Waals surface area contributed by atoms with Crippen molar-refractivity contribution < 1.29 is 0 Å². The van der Waals surface area contributed by atoms with Crippen molar-refractivity contribution >= 4 is 11.8 Å². The average molecular weight is 284 g/mol. The van der Waals surface area contributed by atoms with Gasteiger partial charge in [-0.15, -0.1) is 11.8 Å². The molecule has 0 unspecified atom stereocenters. The molecule has 0 radical (unpaired) electrons. The van der Waals surface area contributed by atoms with E-state index in [4.69, 9.17) is 0 Å². The first-order chi connectivity index (χ1) is 9.90. The molecule has 2 aromatic rings. The van der Waals surface area contributed by atoms with Gasteiger partial charge in [0.05, 0.1) is 0 Å². The lowest BCUT2D eigenvalue weighted by Gasteiger charge is -2.06. The number of benzene rings is 1. The summed E-state index contributed by atoms with van der Waals surface area (Å²) in [5.74, 6) is 1.11. The van der Waals surface area contributed by atoms with Crippen LogP contribution in [0.4, 0.5) is 0 Å². The van der Waals surface area contributed by atoms with Crippen molar-refractivity contribution in [1.82, 2.24) is 10.3 Å². The summed E-state index contributed by atoms with van der Waals surface area (Å²) >= 11 is 1.93. The van der Waals surface area contributed by atoms with Crippen molar-refractivity contribution in [2.75, 3.05) is 5.75 Å². The highest BCUT2D eigenvalue weighted by atomic mass is 32.2. The maximum absolute atomic E-state index is 4.05. The second kappa shape index (κ2) is 6.91. The fourth-order valence-corrected chi connectivity index (χ4v) is 3.11. The Labute approximate surface area is 125 Å². The molecule has 1 N–H and O–H groups in total. The number of nitrogens with zero attached hydrogens (tertiary/aromatic N) is 1. The molecule has 1 aliphatic rings. The minimum absolute atomic E-state index is 0.776. The molecule has 2 nitrogen and oxygen atoms in total. The molecular weight excluding hydrogens is 264 g/mol. The van der Waals surface area contributed by atoms with Crippen LogP contribution in [-0.2, 0) is 13.0 Å². The predicted octanol–water partition coefficient (Wildman–Crippen LogP) is 3.67. The van der Waals surface area contributed by atoms with Gasteiger partial charge in [-0.1, -0.05) is 12.1 Å². The van der Waals surface area contributed by atoms with Crippen molar-refractivity contribution in [3.8, 4) is 0 Å². The second-order valence-corrected chi connectivity index (χ2v) is 6.42. The molecule has 1 aromatic heterocycles. The Hall–Kier alpha value is -1.32. The number of thioether (sulfide) groups is 1. The van der Waals surface area contributed by atoms with Gasteiger partial charge >= 0.3 is 0 Å². The van der Waals surface area contributed by atoms with Gasteiger partial charge in [-0.3, -0.25) is 4.98 Å². The molecule has 3 rings (SSSR count). The van der Waals surface area contributed by atoms with Gasteiger partial charge in [-0.25, -0.2) is 0 Å². The summed E-state index contributed by atoms with van der Waals surface area (Å²) in [4.78, 5) is 5.42. The standard InChI is InChI=1S/C17H20N2S/c1-2-15(13-19-16-4-5-16)12-17(3-1)20-11-8-14-6-9-18-10-7-14/h1-3,6-7,9-10,12,16,19H,4-5,8,11,13H2. The predicted molar refractivity (Wildman–Crippen MR) is 85.0 cm³/mol. The third kappa shape index (κ3) is 4.36. The number of aromatic nitrogens is 1. The van der Waals surface area contributed by atoms with Crippen molar-refractivity contribution in [1.29, 1.82) is 0 Å². The summed E-state index contributed by atoms with van der Waals surface area (Å²) < 4.78 is 0. The summed E-state index contributed by atoms with van der Waals surface area (Å²) in [5, 5.41) is 3.57. The largest absolute Gasteiger partial charge is 0.310 e. The van der Waals surface area contributed by atoms with Gasteiger partial charge in [-0.2, -0.15) is 0 Å². The minimum Gasteiger partial charge on any atom is -0.310 e. The van der Waals surface area contributed by atoms with Crippen LogP contribution in [0.1, 0.15) is 24.0 Å². The summed E-state index contributed by atoms with van der Waals surface area (Å²) in [6.07, 6.45) is 7.52. The van der Waals surface area contributed by atoms with E-state index in [0.29, 0.717) is 0 Å². The maximum atomic E-state index is 4.05. The first-order valence-corrected chi connectivity index (χ1v) is 8.23. The average Bonchev–Trinajstić information content (AvgIpc) is 3.31. The minimum atomic E-state index is 0.776. The van der Waals surface area contributed by atoms with Gasteiger partial charge in [0.1, 0.15) is 0 Å². The Bertz CT molecular complexity index is 538. The van der Waals surface area contributed by atoms with Crippen LogP contribution in [0.3, 0.4) is 0 Å².